The van der Waals surface area contributed by atoms with Crippen molar-refractivity contribution < 1.29 is 22.7 Å². The smallest absolute Gasteiger partial charge is 0.255 e. The van der Waals surface area contributed by atoms with Gasteiger partial charge in [0, 0.05) is 28.8 Å². The maximum Gasteiger partial charge on any atom is 0.255 e. The Morgan fingerprint density at radius 2 is 1.30 bits per heavy atom. The second kappa shape index (κ2) is 8.79. The molecule has 2 N–H and O–H groups in total. The van der Waals surface area contributed by atoms with Crippen LogP contribution in [0.25, 0.3) is 0 Å². The molecule has 0 spiro atoms. The van der Waals surface area contributed by atoms with Crippen LogP contribution in [0.3, 0.4) is 0 Å². The molecular formula is C22H20N2O5S. The van der Waals surface area contributed by atoms with Gasteiger partial charge >= 0.3 is 0 Å². The van der Waals surface area contributed by atoms with Gasteiger partial charge in [-0.1, -0.05) is 6.07 Å². The molecular weight excluding hydrogens is 404 g/mol. The summed E-state index contributed by atoms with van der Waals surface area (Å²) < 4.78 is 28.1. The van der Waals surface area contributed by atoms with Gasteiger partial charge in [-0.15, -0.1) is 0 Å². The van der Waals surface area contributed by atoms with Gasteiger partial charge in [-0.3, -0.25) is 9.59 Å². The first-order valence-corrected chi connectivity index (χ1v) is 10.8. The van der Waals surface area contributed by atoms with Gasteiger partial charge in [0.25, 0.3) is 11.8 Å². The number of benzene rings is 3. The first kappa shape index (κ1) is 21.1. The summed E-state index contributed by atoms with van der Waals surface area (Å²) in [5.74, 6) is -0.0657. The van der Waals surface area contributed by atoms with Crippen LogP contribution in [0.15, 0.2) is 77.7 Å². The minimum atomic E-state index is -3.29. The van der Waals surface area contributed by atoms with Crippen molar-refractivity contribution in [3.63, 3.8) is 0 Å². The Hall–Kier alpha value is -3.65. The van der Waals surface area contributed by atoms with Crippen molar-refractivity contribution >= 4 is 33.0 Å². The number of hydrogen-bond donors (Lipinski definition) is 2. The fourth-order valence-corrected chi connectivity index (χ4v) is 3.29. The van der Waals surface area contributed by atoms with E-state index in [4.69, 9.17) is 4.74 Å². The van der Waals surface area contributed by atoms with Gasteiger partial charge in [-0.25, -0.2) is 8.42 Å². The lowest BCUT2D eigenvalue weighted by molar-refractivity contribution is 0.101. The molecule has 30 heavy (non-hydrogen) atoms. The zero-order valence-corrected chi connectivity index (χ0v) is 17.2. The Morgan fingerprint density at radius 3 is 1.83 bits per heavy atom. The molecule has 0 unspecified atom stereocenters. The topological polar surface area (TPSA) is 102 Å². The van der Waals surface area contributed by atoms with Crippen LogP contribution in [-0.2, 0) is 9.84 Å². The van der Waals surface area contributed by atoms with Crippen LogP contribution in [-0.4, -0.2) is 33.6 Å². The molecule has 0 saturated carbocycles. The van der Waals surface area contributed by atoms with Gasteiger partial charge < -0.3 is 15.4 Å². The van der Waals surface area contributed by atoms with Crippen molar-refractivity contribution in [1.29, 1.82) is 0 Å². The quantitative estimate of drug-likeness (QED) is 0.630. The molecule has 3 rings (SSSR count). The summed E-state index contributed by atoms with van der Waals surface area (Å²) in [4.78, 5) is 24.9. The Bertz CT molecular complexity index is 1170. The highest BCUT2D eigenvalue weighted by Gasteiger charge is 2.11. The van der Waals surface area contributed by atoms with Crippen LogP contribution in [0.1, 0.15) is 20.7 Å². The van der Waals surface area contributed by atoms with Crippen LogP contribution >= 0.6 is 0 Å². The predicted octanol–water partition coefficient (Wildman–Crippen LogP) is 3.60. The van der Waals surface area contributed by atoms with Gasteiger partial charge in [-0.05, 0) is 66.7 Å². The molecule has 0 fully saturated rings. The molecule has 0 bridgehead atoms. The van der Waals surface area contributed by atoms with Gasteiger partial charge in [0.15, 0.2) is 9.84 Å². The van der Waals surface area contributed by atoms with E-state index < -0.39 is 9.84 Å². The molecule has 0 saturated heterocycles. The third-order valence-electron chi connectivity index (χ3n) is 4.28. The van der Waals surface area contributed by atoms with E-state index in [1.807, 2.05) is 0 Å². The average Bonchev–Trinajstić information content (AvgIpc) is 2.74. The maximum absolute atomic E-state index is 12.4. The van der Waals surface area contributed by atoms with Crippen molar-refractivity contribution in [2.45, 2.75) is 4.90 Å². The number of nitrogens with one attached hydrogen (secondary N) is 2. The molecule has 0 aliphatic heterocycles. The van der Waals surface area contributed by atoms with Gasteiger partial charge in [-0.2, -0.15) is 0 Å². The summed E-state index contributed by atoms with van der Waals surface area (Å²) in [6.45, 7) is 0. The maximum atomic E-state index is 12.4. The number of amides is 2. The van der Waals surface area contributed by atoms with Crippen LogP contribution in [0, 0.1) is 0 Å². The highest BCUT2D eigenvalue weighted by Crippen LogP contribution is 2.17. The highest BCUT2D eigenvalue weighted by atomic mass is 32.2. The Morgan fingerprint density at radius 1 is 0.767 bits per heavy atom. The number of anilines is 2. The molecule has 0 heterocycles. The SMILES string of the molecule is COc1cccc(C(=O)Nc2ccc(C(=O)Nc3ccc(S(C)(=O)=O)cc3)cc2)c1. The van der Waals surface area contributed by atoms with Gasteiger partial charge in [0.1, 0.15) is 5.75 Å². The standard InChI is InChI=1S/C22H20N2O5S/c1-29-19-5-3-4-16(14-19)22(26)24-17-8-6-15(7-9-17)21(25)23-18-10-12-20(13-11-18)30(2,27)28/h3-14H,1-2H3,(H,23,25)(H,24,26). The van der Waals surface area contributed by atoms with Gasteiger partial charge in [0.05, 0.1) is 12.0 Å². The van der Waals surface area contributed by atoms with E-state index in [0.717, 1.165) is 6.26 Å². The summed E-state index contributed by atoms with van der Waals surface area (Å²) >= 11 is 0. The van der Waals surface area contributed by atoms with E-state index in [2.05, 4.69) is 10.6 Å². The number of carbonyl (C=O) groups is 2. The monoisotopic (exact) mass is 424 g/mol. The third-order valence-corrected chi connectivity index (χ3v) is 5.41. The largest absolute Gasteiger partial charge is 0.497 e. The van der Waals surface area contributed by atoms with Crippen molar-refractivity contribution in [2.75, 3.05) is 24.0 Å². The third kappa shape index (κ3) is 5.24. The van der Waals surface area contributed by atoms with E-state index in [1.165, 1.54) is 31.4 Å². The molecule has 7 nitrogen and oxygen atoms in total. The van der Waals surface area contributed by atoms with Crippen LogP contribution < -0.4 is 15.4 Å². The Labute approximate surface area is 174 Å². The normalized spacial score (nSPS) is 10.9. The van der Waals surface area contributed by atoms with Crippen molar-refractivity contribution in [2.24, 2.45) is 0 Å². The lowest BCUT2D eigenvalue weighted by atomic mass is 10.1. The number of ether oxygens (including phenoxy) is 1. The molecule has 3 aromatic rings. The van der Waals surface area contributed by atoms with E-state index in [9.17, 15) is 18.0 Å². The number of carbonyl (C=O) groups excluding carboxylic acids is 2. The van der Waals surface area contributed by atoms with Crippen molar-refractivity contribution in [1.82, 2.24) is 0 Å². The zero-order chi connectivity index (χ0) is 21.7. The Kier molecular flexibility index (Phi) is 6.17. The fourth-order valence-electron chi connectivity index (χ4n) is 2.66. The molecule has 2 amide bonds. The summed E-state index contributed by atoms with van der Waals surface area (Å²) in [7, 11) is -1.76. The lowest BCUT2D eigenvalue weighted by Crippen LogP contribution is -2.14. The fraction of sp³-hybridized carbons (Fsp3) is 0.0909. The zero-order valence-electron chi connectivity index (χ0n) is 16.4. The molecule has 0 aromatic heterocycles. The molecule has 0 radical (unpaired) electrons. The van der Waals surface area contributed by atoms with Crippen molar-refractivity contribution in [3.05, 3.63) is 83.9 Å². The minimum Gasteiger partial charge on any atom is -0.497 e. The van der Waals surface area contributed by atoms with E-state index in [1.54, 1.807) is 48.5 Å². The van der Waals surface area contributed by atoms with Crippen LogP contribution in [0.2, 0.25) is 0 Å². The van der Waals surface area contributed by atoms with Crippen LogP contribution in [0.5, 0.6) is 5.75 Å². The second-order valence-electron chi connectivity index (χ2n) is 6.51. The molecule has 8 heteroatoms. The number of rotatable bonds is 6. The van der Waals surface area contributed by atoms with E-state index >= 15 is 0 Å². The summed E-state index contributed by atoms with van der Waals surface area (Å²) in [6, 6.07) is 19.1. The molecule has 0 atom stereocenters. The molecule has 0 aliphatic rings. The Balaban J connectivity index is 1.64. The summed E-state index contributed by atoms with van der Waals surface area (Å²) in [5, 5.41) is 5.46. The number of methoxy groups -OCH3 is 1. The van der Waals surface area contributed by atoms with Crippen molar-refractivity contribution in [3.8, 4) is 5.75 Å². The number of hydrogen-bond acceptors (Lipinski definition) is 5. The van der Waals surface area contributed by atoms with E-state index in [-0.39, 0.29) is 16.7 Å². The lowest BCUT2D eigenvalue weighted by Gasteiger charge is -2.09. The second-order valence-corrected chi connectivity index (χ2v) is 8.53. The predicted molar refractivity (Wildman–Crippen MR) is 115 cm³/mol. The highest BCUT2D eigenvalue weighted by molar-refractivity contribution is 7.90. The molecule has 154 valence electrons. The molecule has 0 aliphatic carbocycles. The van der Waals surface area contributed by atoms with Gasteiger partial charge in [0.2, 0.25) is 0 Å². The number of sulfone groups is 1. The first-order valence-electron chi connectivity index (χ1n) is 8.93. The van der Waals surface area contributed by atoms with Crippen LogP contribution in [0.4, 0.5) is 11.4 Å². The summed E-state index contributed by atoms with van der Waals surface area (Å²) in [6.07, 6.45) is 1.12. The van der Waals surface area contributed by atoms with E-state index in [0.29, 0.717) is 28.3 Å². The average molecular weight is 424 g/mol. The minimum absolute atomic E-state index is 0.177. The summed E-state index contributed by atoms with van der Waals surface area (Å²) in [5.41, 5.74) is 1.86. The molecule has 3 aromatic carbocycles. The first-order chi connectivity index (χ1) is 14.3.